The summed E-state index contributed by atoms with van der Waals surface area (Å²) in [4.78, 5) is 0. The molecule has 0 unspecified atom stereocenters. The molecule has 0 atom stereocenters. The Morgan fingerprint density at radius 2 is 0.538 bits per heavy atom. The fourth-order valence-corrected chi connectivity index (χ4v) is 5.46. The third kappa shape index (κ3) is 9.77. The molecular formula is C25H48O. The molecule has 2 rings (SSSR count). The van der Waals surface area contributed by atoms with Gasteiger partial charge in [-0.3, -0.25) is 0 Å². The van der Waals surface area contributed by atoms with Gasteiger partial charge < -0.3 is 5.11 Å². The van der Waals surface area contributed by atoms with Gasteiger partial charge in [0, 0.05) is 0 Å². The Bertz CT molecular complexity index is 259. The molecule has 0 aromatic carbocycles. The Morgan fingerprint density at radius 3 is 0.769 bits per heavy atom. The average Bonchev–Trinajstić information content (AvgIpc) is 2.62. The molecule has 2 aliphatic carbocycles. The quantitative estimate of drug-likeness (QED) is 0.523. The van der Waals surface area contributed by atoms with E-state index in [4.69, 9.17) is 0 Å². The van der Waals surface area contributed by atoms with Crippen molar-refractivity contribution in [1.82, 2.24) is 0 Å². The van der Waals surface area contributed by atoms with Gasteiger partial charge in [0.05, 0.1) is 6.10 Å². The highest BCUT2D eigenvalue weighted by molar-refractivity contribution is 4.78. The summed E-state index contributed by atoms with van der Waals surface area (Å²) in [7, 11) is 0. The lowest BCUT2D eigenvalue weighted by Gasteiger charge is -2.31. The molecule has 1 heteroatoms. The van der Waals surface area contributed by atoms with Crippen LogP contribution in [0.15, 0.2) is 0 Å². The molecule has 2 fully saturated rings. The summed E-state index contributed by atoms with van der Waals surface area (Å²) in [5.41, 5.74) is 0. The van der Waals surface area contributed by atoms with Crippen LogP contribution in [0, 0.1) is 11.8 Å². The topological polar surface area (TPSA) is 20.2 Å². The molecular weight excluding hydrogens is 316 g/mol. The second-order valence-electron chi connectivity index (χ2n) is 9.53. The SMILES string of the molecule is OC(C1CCCCCCCCCCC1)C1CCCCCCCCCCC1. The van der Waals surface area contributed by atoms with Gasteiger partial charge >= 0.3 is 0 Å². The Morgan fingerprint density at radius 1 is 0.346 bits per heavy atom. The molecule has 0 radical (unpaired) electrons. The maximum Gasteiger partial charge on any atom is 0.0596 e. The van der Waals surface area contributed by atoms with E-state index in [9.17, 15) is 5.11 Å². The minimum atomic E-state index is -0.0131. The van der Waals surface area contributed by atoms with Crippen LogP contribution in [-0.2, 0) is 0 Å². The maximum absolute atomic E-state index is 11.3. The van der Waals surface area contributed by atoms with Crippen LogP contribution < -0.4 is 0 Å². The molecule has 2 aliphatic rings. The summed E-state index contributed by atoms with van der Waals surface area (Å²) in [6.45, 7) is 0. The van der Waals surface area contributed by atoms with Crippen molar-refractivity contribution < 1.29 is 5.11 Å². The molecule has 26 heavy (non-hydrogen) atoms. The zero-order valence-electron chi connectivity index (χ0n) is 17.7. The Balaban J connectivity index is 1.85. The van der Waals surface area contributed by atoms with Crippen LogP contribution in [0.2, 0.25) is 0 Å². The third-order valence-electron chi connectivity index (χ3n) is 7.27. The van der Waals surface area contributed by atoms with Crippen molar-refractivity contribution in [3.63, 3.8) is 0 Å². The van der Waals surface area contributed by atoms with Crippen LogP contribution in [0.5, 0.6) is 0 Å². The minimum Gasteiger partial charge on any atom is -0.393 e. The van der Waals surface area contributed by atoms with Crippen LogP contribution in [0.3, 0.4) is 0 Å². The van der Waals surface area contributed by atoms with E-state index in [1.807, 2.05) is 0 Å². The number of rotatable bonds is 2. The lowest BCUT2D eigenvalue weighted by atomic mass is 9.79. The van der Waals surface area contributed by atoms with E-state index in [1.54, 1.807) is 0 Å². The predicted octanol–water partition coefficient (Wildman–Crippen LogP) is 8.19. The monoisotopic (exact) mass is 364 g/mol. The molecule has 0 amide bonds. The second-order valence-corrected chi connectivity index (χ2v) is 9.53. The lowest BCUT2D eigenvalue weighted by molar-refractivity contribution is 0.0301. The molecule has 1 N–H and O–H groups in total. The van der Waals surface area contributed by atoms with Crippen molar-refractivity contribution >= 4 is 0 Å². The van der Waals surface area contributed by atoms with E-state index in [0.717, 1.165) is 0 Å². The van der Waals surface area contributed by atoms with Crippen molar-refractivity contribution in [2.75, 3.05) is 0 Å². The van der Waals surface area contributed by atoms with E-state index in [1.165, 1.54) is 141 Å². The predicted molar refractivity (Wildman–Crippen MR) is 115 cm³/mol. The first-order valence-corrected chi connectivity index (χ1v) is 12.6. The third-order valence-corrected chi connectivity index (χ3v) is 7.27. The lowest BCUT2D eigenvalue weighted by Crippen LogP contribution is -2.30. The van der Waals surface area contributed by atoms with Gasteiger partial charge in [0.15, 0.2) is 0 Å². The second kappa shape index (κ2) is 14.9. The first-order chi connectivity index (χ1) is 12.9. The van der Waals surface area contributed by atoms with E-state index >= 15 is 0 Å². The Kier molecular flexibility index (Phi) is 12.8. The molecule has 0 aromatic heterocycles. The molecule has 0 bridgehead atoms. The van der Waals surface area contributed by atoms with E-state index < -0.39 is 0 Å². The van der Waals surface area contributed by atoms with Gasteiger partial charge in [0.1, 0.15) is 0 Å². The van der Waals surface area contributed by atoms with Crippen molar-refractivity contribution in [3.05, 3.63) is 0 Å². The summed E-state index contributed by atoms with van der Waals surface area (Å²) >= 11 is 0. The minimum absolute atomic E-state index is 0.0131. The fraction of sp³-hybridized carbons (Fsp3) is 1.00. The highest BCUT2D eigenvalue weighted by Gasteiger charge is 2.26. The molecule has 154 valence electrons. The number of aliphatic hydroxyl groups is 1. The summed E-state index contributed by atoms with van der Waals surface area (Å²) in [6, 6.07) is 0. The maximum atomic E-state index is 11.3. The molecule has 0 aromatic rings. The van der Waals surface area contributed by atoms with Crippen molar-refractivity contribution in [3.8, 4) is 0 Å². The largest absolute Gasteiger partial charge is 0.393 e. The van der Waals surface area contributed by atoms with Gasteiger partial charge in [-0.05, 0) is 37.5 Å². The molecule has 0 saturated heterocycles. The number of aliphatic hydroxyl groups excluding tert-OH is 1. The molecule has 2 saturated carbocycles. The molecule has 0 aliphatic heterocycles. The van der Waals surface area contributed by atoms with Crippen molar-refractivity contribution in [2.24, 2.45) is 11.8 Å². The van der Waals surface area contributed by atoms with Gasteiger partial charge in [0.2, 0.25) is 0 Å². The van der Waals surface area contributed by atoms with Gasteiger partial charge in [-0.1, -0.05) is 116 Å². The highest BCUT2D eigenvalue weighted by atomic mass is 16.3. The zero-order valence-corrected chi connectivity index (χ0v) is 17.7. The van der Waals surface area contributed by atoms with E-state index in [0.29, 0.717) is 11.8 Å². The van der Waals surface area contributed by atoms with Crippen molar-refractivity contribution in [1.29, 1.82) is 0 Å². The fourth-order valence-electron chi connectivity index (χ4n) is 5.46. The summed E-state index contributed by atoms with van der Waals surface area (Å²) in [6.07, 6.45) is 30.5. The highest BCUT2D eigenvalue weighted by Crippen LogP contribution is 2.32. The summed E-state index contributed by atoms with van der Waals surface area (Å²) in [5.74, 6) is 1.18. The van der Waals surface area contributed by atoms with Gasteiger partial charge in [-0.2, -0.15) is 0 Å². The number of hydrogen-bond donors (Lipinski definition) is 1. The van der Waals surface area contributed by atoms with Crippen LogP contribution in [0.25, 0.3) is 0 Å². The normalized spacial score (nSPS) is 25.6. The van der Waals surface area contributed by atoms with Crippen LogP contribution >= 0.6 is 0 Å². The first kappa shape index (κ1) is 22.3. The number of hydrogen-bond acceptors (Lipinski definition) is 1. The van der Waals surface area contributed by atoms with Crippen LogP contribution in [-0.4, -0.2) is 11.2 Å². The van der Waals surface area contributed by atoms with Crippen LogP contribution in [0.1, 0.15) is 141 Å². The molecule has 0 heterocycles. The molecule has 0 spiro atoms. The Hall–Kier alpha value is -0.0400. The summed E-state index contributed by atoms with van der Waals surface area (Å²) < 4.78 is 0. The van der Waals surface area contributed by atoms with Gasteiger partial charge in [0.25, 0.3) is 0 Å². The van der Waals surface area contributed by atoms with Crippen molar-refractivity contribution in [2.45, 2.75) is 147 Å². The molecule has 1 nitrogen and oxygen atoms in total. The van der Waals surface area contributed by atoms with E-state index in [2.05, 4.69) is 0 Å². The Labute approximate surface area is 164 Å². The van der Waals surface area contributed by atoms with Gasteiger partial charge in [-0.25, -0.2) is 0 Å². The average molecular weight is 365 g/mol. The zero-order chi connectivity index (χ0) is 18.3. The standard InChI is InChI=1S/C25H48O/c26-25(23-19-15-11-7-3-1-4-8-12-16-20-23)24-21-17-13-9-5-2-6-10-14-18-22-24/h23-26H,1-22H2. The van der Waals surface area contributed by atoms with E-state index in [-0.39, 0.29) is 6.10 Å². The smallest absolute Gasteiger partial charge is 0.0596 e. The van der Waals surface area contributed by atoms with Crippen LogP contribution in [0.4, 0.5) is 0 Å². The van der Waals surface area contributed by atoms with Gasteiger partial charge in [-0.15, -0.1) is 0 Å². The first-order valence-electron chi connectivity index (χ1n) is 12.6. The summed E-state index contributed by atoms with van der Waals surface area (Å²) in [5, 5.41) is 11.3.